The molecule has 0 spiro atoms. The molecule has 110 valence electrons. The van der Waals surface area contributed by atoms with Crippen LogP contribution in [0.5, 0.6) is 0 Å². The molecule has 21 heavy (non-hydrogen) atoms. The lowest BCUT2D eigenvalue weighted by Crippen LogP contribution is -2.22. The summed E-state index contributed by atoms with van der Waals surface area (Å²) in [6.45, 7) is 0.169. The molecule has 7 heteroatoms. The quantitative estimate of drug-likeness (QED) is 0.799. The Labute approximate surface area is 126 Å². The molecule has 0 aliphatic carbocycles. The van der Waals surface area contributed by atoms with Crippen molar-refractivity contribution in [3.63, 3.8) is 0 Å². The molecule has 0 amide bonds. The first-order chi connectivity index (χ1) is 9.97. The third-order valence-electron chi connectivity index (χ3n) is 2.56. The lowest BCUT2D eigenvalue weighted by Gasteiger charge is -2.04. The van der Waals surface area contributed by atoms with Crippen LogP contribution in [0.15, 0.2) is 53.4 Å². The molecule has 2 aromatic rings. The molecule has 0 aliphatic rings. The van der Waals surface area contributed by atoms with E-state index in [9.17, 15) is 13.2 Å². The Balaban J connectivity index is 2.02. The monoisotopic (exact) mass is 323 g/mol. The minimum absolute atomic E-state index is 0.169. The first-order valence-electron chi connectivity index (χ1n) is 6.02. The van der Waals surface area contributed by atoms with Crippen LogP contribution in [0.1, 0.15) is 9.75 Å². The second kappa shape index (κ2) is 6.66. The molecule has 0 atom stereocenters. The minimum Gasteiger partial charge on any atom is -0.478 e. The molecular formula is C14H13NO4S2. The van der Waals surface area contributed by atoms with Crippen molar-refractivity contribution in [3.8, 4) is 0 Å². The van der Waals surface area contributed by atoms with Gasteiger partial charge in [-0.2, -0.15) is 0 Å². The van der Waals surface area contributed by atoms with Crippen LogP contribution in [0.4, 0.5) is 0 Å². The van der Waals surface area contributed by atoms with Gasteiger partial charge in [-0.25, -0.2) is 17.9 Å². The van der Waals surface area contributed by atoms with Crippen LogP contribution in [-0.4, -0.2) is 19.5 Å². The Morgan fingerprint density at radius 3 is 2.57 bits per heavy atom. The molecule has 1 aromatic carbocycles. The van der Waals surface area contributed by atoms with E-state index in [-0.39, 0.29) is 11.4 Å². The lowest BCUT2D eigenvalue weighted by molar-refractivity contribution is -0.131. The average Bonchev–Trinajstić information content (AvgIpc) is 2.92. The van der Waals surface area contributed by atoms with Crippen molar-refractivity contribution in [2.45, 2.75) is 11.4 Å². The van der Waals surface area contributed by atoms with E-state index in [1.807, 2.05) is 0 Å². The third-order valence-corrected chi connectivity index (χ3v) is 5.03. The number of thiophene rings is 1. The number of carboxylic acid groups (broad SMARTS) is 1. The number of aliphatic carboxylic acids is 1. The minimum atomic E-state index is -3.53. The molecular weight excluding hydrogens is 310 g/mol. The van der Waals surface area contributed by atoms with E-state index >= 15 is 0 Å². The normalized spacial score (nSPS) is 11.8. The molecule has 0 saturated carbocycles. The zero-order chi connectivity index (χ0) is 15.3. The van der Waals surface area contributed by atoms with Gasteiger partial charge in [-0.3, -0.25) is 0 Å². The maximum atomic E-state index is 12.0. The number of carbonyl (C=O) groups is 1. The number of hydrogen-bond acceptors (Lipinski definition) is 4. The van der Waals surface area contributed by atoms with Crippen LogP contribution in [0.25, 0.3) is 6.08 Å². The highest BCUT2D eigenvalue weighted by Crippen LogP contribution is 2.18. The first-order valence-corrected chi connectivity index (χ1v) is 8.32. The summed E-state index contributed by atoms with van der Waals surface area (Å²) in [6, 6.07) is 11.6. The summed E-state index contributed by atoms with van der Waals surface area (Å²) in [5.74, 6) is -1.02. The summed E-state index contributed by atoms with van der Waals surface area (Å²) in [5.41, 5.74) is 0. The second-order valence-corrected chi connectivity index (χ2v) is 7.08. The topological polar surface area (TPSA) is 83.5 Å². The highest BCUT2D eigenvalue weighted by atomic mass is 32.2. The van der Waals surface area contributed by atoms with Crippen LogP contribution in [0, 0.1) is 0 Å². The molecule has 0 fully saturated rings. The number of hydrogen-bond donors (Lipinski definition) is 2. The first kappa shape index (κ1) is 15.4. The fraction of sp³-hybridized carbons (Fsp3) is 0.0714. The van der Waals surface area contributed by atoms with Gasteiger partial charge in [-0.15, -0.1) is 11.3 Å². The summed E-state index contributed by atoms with van der Waals surface area (Å²) in [6.07, 6.45) is 2.52. The standard InChI is InChI=1S/C14H13NO4S2/c16-14(17)9-8-11-6-7-12(20-11)10-15-21(18,19)13-4-2-1-3-5-13/h1-9,15H,10H2,(H,16,17). The van der Waals surface area contributed by atoms with Gasteiger partial charge in [0.25, 0.3) is 0 Å². The summed E-state index contributed by atoms with van der Waals surface area (Å²) in [4.78, 5) is 12.2. The maximum Gasteiger partial charge on any atom is 0.328 e. The SMILES string of the molecule is O=C(O)C=Cc1ccc(CNS(=O)(=O)c2ccccc2)s1. The fourth-order valence-corrected chi connectivity index (χ4v) is 3.56. The molecule has 0 bridgehead atoms. The van der Waals surface area contributed by atoms with Crippen molar-refractivity contribution in [1.82, 2.24) is 4.72 Å². The highest BCUT2D eigenvalue weighted by Gasteiger charge is 2.13. The van der Waals surface area contributed by atoms with Crippen molar-refractivity contribution >= 4 is 33.4 Å². The predicted octanol–water partition coefficient (Wildman–Crippen LogP) is 2.32. The molecule has 1 heterocycles. The molecule has 2 rings (SSSR count). The Morgan fingerprint density at radius 1 is 1.19 bits per heavy atom. The van der Waals surface area contributed by atoms with E-state index in [0.717, 1.165) is 15.8 Å². The summed E-state index contributed by atoms with van der Waals surface area (Å²) in [5, 5.41) is 8.54. The van der Waals surface area contributed by atoms with Crippen LogP contribution in [0.3, 0.4) is 0 Å². The van der Waals surface area contributed by atoms with Crippen molar-refractivity contribution in [1.29, 1.82) is 0 Å². The Bertz CT molecular complexity index is 748. The summed E-state index contributed by atoms with van der Waals surface area (Å²) >= 11 is 1.33. The lowest BCUT2D eigenvalue weighted by atomic mass is 10.4. The van der Waals surface area contributed by atoms with Gasteiger partial charge in [0.2, 0.25) is 10.0 Å². The molecule has 2 N–H and O–H groups in total. The number of sulfonamides is 1. The second-order valence-electron chi connectivity index (χ2n) is 4.11. The van der Waals surface area contributed by atoms with Gasteiger partial charge in [-0.05, 0) is 30.3 Å². The highest BCUT2D eigenvalue weighted by molar-refractivity contribution is 7.89. The number of benzene rings is 1. The van der Waals surface area contributed by atoms with Gasteiger partial charge in [0.15, 0.2) is 0 Å². The van der Waals surface area contributed by atoms with Crippen molar-refractivity contribution in [2.75, 3.05) is 0 Å². The molecule has 0 aliphatic heterocycles. The Hall–Kier alpha value is -1.96. The van der Waals surface area contributed by atoms with Gasteiger partial charge in [0, 0.05) is 22.4 Å². The van der Waals surface area contributed by atoms with Crippen molar-refractivity contribution in [2.24, 2.45) is 0 Å². The van der Waals surface area contributed by atoms with Crippen LogP contribution in [-0.2, 0) is 21.4 Å². The largest absolute Gasteiger partial charge is 0.478 e. The van der Waals surface area contributed by atoms with E-state index in [1.54, 1.807) is 30.3 Å². The number of nitrogens with one attached hydrogen (secondary N) is 1. The van der Waals surface area contributed by atoms with E-state index in [1.165, 1.54) is 29.5 Å². The van der Waals surface area contributed by atoms with Crippen LogP contribution in [0.2, 0.25) is 0 Å². The van der Waals surface area contributed by atoms with E-state index < -0.39 is 16.0 Å². The summed E-state index contributed by atoms with van der Waals surface area (Å²) < 4.78 is 26.6. The number of rotatable bonds is 6. The predicted molar refractivity (Wildman–Crippen MR) is 81.5 cm³/mol. The van der Waals surface area contributed by atoms with Gasteiger partial charge in [0.05, 0.1) is 4.90 Å². The molecule has 0 radical (unpaired) electrons. The van der Waals surface area contributed by atoms with Gasteiger partial charge < -0.3 is 5.11 Å². The molecule has 1 aromatic heterocycles. The molecule has 0 unspecified atom stereocenters. The van der Waals surface area contributed by atoms with E-state index in [4.69, 9.17) is 5.11 Å². The molecule has 5 nitrogen and oxygen atoms in total. The maximum absolute atomic E-state index is 12.0. The van der Waals surface area contributed by atoms with Crippen molar-refractivity contribution in [3.05, 3.63) is 58.3 Å². The Morgan fingerprint density at radius 2 is 1.90 bits per heavy atom. The van der Waals surface area contributed by atoms with E-state index in [2.05, 4.69) is 4.72 Å². The van der Waals surface area contributed by atoms with Gasteiger partial charge in [0.1, 0.15) is 0 Å². The van der Waals surface area contributed by atoms with Crippen LogP contribution < -0.4 is 4.72 Å². The van der Waals surface area contributed by atoms with Crippen LogP contribution >= 0.6 is 11.3 Å². The van der Waals surface area contributed by atoms with E-state index in [0.29, 0.717) is 0 Å². The zero-order valence-corrected chi connectivity index (χ0v) is 12.5. The van der Waals surface area contributed by atoms with Gasteiger partial charge in [-0.1, -0.05) is 18.2 Å². The summed E-state index contributed by atoms with van der Waals surface area (Å²) in [7, 11) is -3.53. The number of carboxylic acids is 1. The van der Waals surface area contributed by atoms with Gasteiger partial charge >= 0.3 is 5.97 Å². The molecule has 0 saturated heterocycles. The third kappa shape index (κ3) is 4.52. The Kier molecular flexibility index (Phi) is 4.89. The van der Waals surface area contributed by atoms with Crippen molar-refractivity contribution < 1.29 is 18.3 Å². The zero-order valence-electron chi connectivity index (χ0n) is 10.9. The fourth-order valence-electron chi connectivity index (χ4n) is 1.58. The smallest absolute Gasteiger partial charge is 0.328 e. The average molecular weight is 323 g/mol.